The molecule has 0 fully saturated rings. The number of methoxy groups -OCH3 is 2. The Bertz CT molecular complexity index is 1110. The number of carbonyl (C=O) groups is 1. The number of amides is 2. The number of anilines is 1. The van der Waals surface area contributed by atoms with Gasteiger partial charge in [0.1, 0.15) is 6.33 Å². The zero-order chi connectivity index (χ0) is 23.3. The predicted octanol–water partition coefficient (Wildman–Crippen LogP) is 4.74. The molecule has 1 unspecified atom stereocenters. The van der Waals surface area contributed by atoms with Crippen molar-refractivity contribution in [3.8, 4) is 11.5 Å². The van der Waals surface area contributed by atoms with Crippen molar-refractivity contribution in [2.45, 2.75) is 39.2 Å². The van der Waals surface area contributed by atoms with E-state index in [1.807, 2.05) is 31.2 Å². The quantitative estimate of drug-likeness (QED) is 0.443. The molecule has 8 nitrogen and oxygen atoms in total. The number of benzene rings is 2. The molecule has 2 amide bonds. The van der Waals surface area contributed by atoms with E-state index in [2.05, 4.69) is 34.4 Å². The maximum absolute atomic E-state index is 12.4. The van der Waals surface area contributed by atoms with Crippen LogP contribution in [0.15, 0.2) is 42.7 Å². The Labute approximate surface area is 187 Å². The fourth-order valence-corrected chi connectivity index (χ4v) is 3.42. The molecule has 3 aromatic rings. The molecule has 3 rings (SSSR count). The average Bonchev–Trinajstić information content (AvgIpc) is 2.77. The Hall–Kier alpha value is -3.68. The fraction of sp³-hybridized carbons (Fsp3) is 0.333. The van der Waals surface area contributed by atoms with Crippen molar-refractivity contribution >= 4 is 28.3 Å². The summed E-state index contributed by atoms with van der Waals surface area (Å²) in [6, 6.07) is 10.7. The number of nitrogens with zero attached hydrogens (tertiary/aromatic N) is 2. The van der Waals surface area contributed by atoms with Gasteiger partial charge in [0.05, 0.1) is 31.1 Å². The van der Waals surface area contributed by atoms with E-state index in [4.69, 9.17) is 14.9 Å². The zero-order valence-corrected chi connectivity index (χ0v) is 19.0. The molecule has 0 radical (unpaired) electrons. The molecule has 0 aliphatic carbocycles. The van der Waals surface area contributed by atoms with Gasteiger partial charge in [0, 0.05) is 29.6 Å². The minimum atomic E-state index is -0.318. The van der Waals surface area contributed by atoms with Crippen LogP contribution in [0.25, 0.3) is 10.9 Å². The van der Waals surface area contributed by atoms with Gasteiger partial charge in [-0.15, -0.1) is 0 Å². The maximum Gasteiger partial charge on any atom is 0.319 e. The van der Waals surface area contributed by atoms with Crippen LogP contribution in [0.4, 0.5) is 10.5 Å². The van der Waals surface area contributed by atoms with E-state index < -0.39 is 0 Å². The second-order valence-electron chi connectivity index (χ2n) is 7.91. The number of urea groups is 1. The molecule has 1 heterocycles. The van der Waals surface area contributed by atoms with Crippen molar-refractivity contribution in [3.63, 3.8) is 0 Å². The second kappa shape index (κ2) is 10.1. The molecule has 0 aliphatic heterocycles. The van der Waals surface area contributed by atoms with E-state index in [0.29, 0.717) is 46.1 Å². The number of aromatic nitrogens is 2. The summed E-state index contributed by atoms with van der Waals surface area (Å²) in [5.41, 5.74) is 3.37. The molecule has 0 aliphatic rings. The summed E-state index contributed by atoms with van der Waals surface area (Å²) >= 11 is 0. The van der Waals surface area contributed by atoms with Crippen LogP contribution < -0.4 is 20.1 Å². The Balaban J connectivity index is 1.67. The zero-order valence-electron chi connectivity index (χ0n) is 19.0. The molecule has 168 valence electrons. The highest BCUT2D eigenvalue weighted by molar-refractivity contribution is 6.07. The molecule has 1 atom stereocenters. The molecule has 0 bridgehead atoms. The van der Waals surface area contributed by atoms with Crippen molar-refractivity contribution in [1.82, 2.24) is 15.3 Å². The topological polar surface area (TPSA) is 109 Å². The van der Waals surface area contributed by atoms with Gasteiger partial charge in [0.2, 0.25) is 0 Å². The van der Waals surface area contributed by atoms with Crippen molar-refractivity contribution in [3.05, 3.63) is 54.0 Å². The van der Waals surface area contributed by atoms with Gasteiger partial charge < -0.3 is 25.5 Å². The molecule has 32 heavy (non-hydrogen) atoms. The summed E-state index contributed by atoms with van der Waals surface area (Å²) < 4.78 is 10.7. The van der Waals surface area contributed by atoms with Gasteiger partial charge >= 0.3 is 6.03 Å². The van der Waals surface area contributed by atoms with Gasteiger partial charge in [-0.2, -0.15) is 0 Å². The average molecular weight is 436 g/mol. The number of hydrogen-bond donors (Lipinski definition) is 3. The van der Waals surface area contributed by atoms with E-state index in [9.17, 15) is 4.79 Å². The number of nitrogens with one attached hydrogen (secondary N) is 3. The van der Waals surface area contributed by atoms with Crippen molar-refractivity contribution in [1.29, 1.82) is 5.41 Å². The highest BCUT2D eigenvalue weighted by Crippen LogP contribution is 2.32. The second-order valence-corrected chi connectivity index (χ2v) is 7.91. The van der Waals surface area contributed by atoms with Crippen molar-refractivity contribution < 1.29 is 14.3 Å². The minimum Gasteiger partial charge on any atom is -0.493 e. The lowest BCUT2D eigenvalue weighted by atomic mass is 10.0. The molecule has 1 aromatic heterocycles. The Morgan fingerprint density at radius 3 is 2.31 bits per heavy atom. The van der Waals surface area contributed by atoms with Crippen molar-refractivity contribution in [2.24, 2.45) is 0 Å². The van der Waals surface area contributed by atoms with E-state index >= 15 is 0 Å². The third kappa shape index (κ3) is 5.32. The van der Waals surface area contributed by atoms with Crippen LogP contribution in [0.1, 0.15) is 44.4 Å². The smallest absolute Gasteiger partial charge is 0.319 e. The number of fused-ring (bicyclic) bond motifs is 1. The molecule has 0 saturated carbocycles. The van der Waals surface area contributed by atoms with Crippen LogP contribution in [0.2, 0.25) is 0 Å². The highest BCUT2D eigenvalue weighted by Gasteiger charge is 2.17. The molecule has 0 spiro atoms. The Morgan fingerprint density at radius 1 is 1.03 bits per heavy atom. The fourth-order valence-electron chi connectivity index (χ4n) is 3.42. The molecular weight excluding hydrogens is 406 g/mol. The summed E-state index contributed by atoms with van der Waals surface area (Å²) in [5, 5.41) is 15.0. The number of ether oxygens (including phenoxy) is 2. The van der Waals surface area contributed by atoms with Crippen LogP contribution in [0, 0.1) is 5.41 Å². The highest BCUT2D eigenvalue weighted by atomic mass is 16.5. The Morgan fingerprint density at radius 2 is 1.69 bits per heavy atom. The third-order valence-corrected chi connectivity index (χ3v) is 5.15. The van der Waals surface area contributed by atoms with Crippen LogP contribution in [0.3, 0.4) is 0 Å². The van der Waals surface area contributed by atoms with Crippen LogP contribution in [0.5, 0.6) is 11.5 Å². The van der Waals surface area contributed by atoms with Gasteiger partial charge in [0.15, 0.2) is 11.5 Å². The summed E-state index contributed by atoms with van der Waals surface area (Å²) in [6.45, 7) is 6.10. The first-order chi connectivity index (χ1) is 15.3. The lowest BCUT2D eigenvalue weighted by Gasteiger charge is -2.16. The SMILES string of the molecule is COc1cc2ncnc(C(=N)CC(C)NC(=O)Nc3ccc(C(C)C)cc3)c2cc1OC. The summed E-state index contributed by atoms with van der Waals surface area (Å²) in [4.78, 5) is 21.0. The molecule has 2 aromatic carbocycles. The standard InChI is InChI=1S/C24H29N5O3/c1-14(2)16-6-8-17(9-7-16)29-24(30)28-15(3)10-19(25)23-18-11-21(31-4)22(32-5)12-20(18)26-13-27-23/h6-9,11-15,25H,10H2,1-5H3,(H2,28,29,30). The van der Waals surface area contributed by atoms with Gasteiger partial charge in [-0.1, -0.05) is 26.0 Å². The monoisotopic (exact) mass is 435 g/mol. The Kier molecular flexibility index (Phi) is 7.25. The van der Waals surface area contributed by atoms with Crippen LogP contribution in [-0.2, 0) is 0 Å². The van der Waals surface area contributed by atoms with Gasteiger partial charge in [-0.05, 0) is 36.6 Å². The van der Waals surface area contributed by atoms with E-state index in [-0.39, 0.29) is 12.1 Å². The lowest BCUT2D eigenvalue weighted by Crippen LogP contribution is -2.37. The third-order valence-electron chi connectivity index (χ3n) is 5.15. The van der Waals surface area contributed by atoms with E-state index in [0.717, 1.165) is 5.69 Å². The lowest BCUT2D eigenvalue weighted by molar-refractivity contribution is 0.249. The first-order valence-corrected chi connectivity index (χ1v) is 10.4. The normalized spacial score (nSPS) is 11.8. The number of hydrogen-bond acceptors (Lipinski definition) is 6. The number of carbonyl (C=O) groups excluding carboxylic acids is 1. The number of rotatable bonds is 8. The van der Waals surface area contributed by atoms with E-state index in [1.54, 1.807) is 26.4 Å². The van der Waals surface area contributed by atoms with E-state index in [1.165, 1.54) is 11.9 Å². The molecule has 3 N–H and O–H groups in total. The van der Waals surface area contributed by atoms with Gasteiger partial charge in [-0.25, -0.2) is 14.8 Å². The molecule has 8 heteroatoms. The maximum atomic E-state index is 12.4. The first kappa shape index (κ1) is 23.0. The molecular formula is C24H29N5O3. The molecule has 0 saturated heterocycles. The van der Waals surface area contributed by atoms with Crippen molar-refractivity contribution in [2.75, 3.05) is 19.5 Å². The largest absolute Gasteiger partial charge is 0.493 e. The van der Waals surface area contributed by atoms with Crippen LogP contribution >= 0.6 is 0 Å². The summed E-state index contributed by atoms with van der Waals surface area (Å²) in [7, 11) is 3.12. The van der Waals surface area contributed by atoms with Gasteiger partial charge in [0.25, 0.3) is 0 Å². The summed E-state index contributed by atoms with van der Waals surface area (Å²) in [6.07, 6.45) is 1.73. The first-order valence-electron chi connectivity index (χ1n) is 10.4. The van der Waals surface area contributed by atoms with Crippen LogP contribution in [-0.4, -0.2) is 42.0 Å². The minimum absolute atomic E-state index is 0.275. The van der Waals surface area contributed by atoms with Gasteiger partial charge in [-0.3, -0.25) is 0 Å². The predicted molar refractivity (Wildman–Crippen MR) is 126 cm³/mol. The summed E-state index contributed by atoms with van der Waals surface area (Å²) in [5.74, 6) is 1.53.